The van der Waals surface area contributed by atoms with E-state index < -0.39 is 0 Å². The second-order valence-electron chi connectivity index (χ2n) is 2.60. The second-order valence-corrected chi connectivity index (χ2v) is 4.05. The van der Waals surface area contributed by atoms with Crippen molar-refractivity contribution in [2.75, 3.05) is 19.3 Å². The number of unbranched alkanes of at least 4 members (excludes halogenated alkanes) is 1. The van der Waals surface area contributed by atoms with Crippen molar-refractivity contribution in [2.45, 2.75) is 26.2 Å². The number of hydrogen-bond donors (Lipinski definition) is 0. The molecule has 1 aliphatic rings. The van der Waals surface area contributed by atoms with Gasteiger partial charge in [-0.1, -0.05) is 22.1 Å². The Kier molecular flexibility index (Phi) is 3.54. The van der Waals surface area contributed by atoms with Gasteiger partial charge in [-0.05, 0) is 19.0 Å². The van der Waals surface area contributed by atoms with E-state index in [-0.39, 0.29) is 0 Å². The van der Waals surface area contributed by atoms with Gasteiger partial charge in [-0.3, -0.25) is 4.67 Å². The van der Waals surface area contributed by atoms with E-state index in [2.05, 4.69) is 11.6 Å². The van der Waals surface area contributed by atoms with Gasteiger partial charge in [0.1, 0.15) is 0 Å². The molecule has 1 atom stereocenters. The van der Waals surface area contributed by atoms with Crippen LogP contribution >= 0.6 is 8.73 Å². The molecule has 54 valence electrons. The molecule has 1 aliphatic heterocycles. The highest BCUT2D eigenvalue weighted by Gasteiger charge is 2.09. The molecule has 1 saturated heterocycles. The molecule has 0 aromatic heterocycles. The van der Waals surface area contributed by atoms with Crippen LogP contribution in [-0.4, -0.2) is 23.9 Å². The SMILES string of the molecule is CCCCN1CCCP1. The van der Waals surface area contributed by atoms with Crippen LogP contribution in [0.4, 0.5) is 0 Å². The average molecular weight is 145 g/mol. The van der Waals surface area contributed by atoms with Crippen LogP contribution in [-0.2, 0) is 0 Å². The Hall–Kier alpha value is 0.390. The molecular formula is C7H16NP. The van der Waals surface area contributed by atoms with E-state index in [0.29, 0.717) is 0 Å². The van der Waals surface area contributed by atoms with Crippen molar-refractivity contribution in [2.24, 2.45) is 0 Å². The minimum absolute atomic E-state index is 1.14. The van der Waals surface area contributed by atoms with Gasteiger partial charge in [0, 0.05) is 13.1 Å². The first-order valence-electron chi connectivity index (χ1n) is 3.92. The van der Waals surface area contributed by atoms with Crippen molar-refractivity contribution < 1.29 is 0 Å². The molecule has 1 fully saturated rings. The van der Waals surface area contributed by atoms with Crippen LogP contribution in [0.25, 0.3) is 0 Å². The highest BCUT2D eigenvalue weighted by Crippen LogP contribution is 2.26. The first-order chi connectivity index (χ1) is 4.43. The van der Waals surface area contributed by atoms with Gasteiger partial charge >= 0.3 is 0 Å². The van der Waals surface area contributed by atoms with Crippen molar-refractivity contribution >= 4 is 8.73 Å². The standard InChI is InChI=1S/C7H16NP/c1-2-3-5-8-6-4-7-9-8/h9H,2-7H2,1H3. The summed E-state index contributed by atoms with van der Waals surface area (Å²) in [6.45, 7) is 4.99. The molecular weight excluding hydrogens is 129 g/mol. The van der Waals surface area contributed by atoms with Gasteiger partial charge in [-0.25, -0.2) is 0 Å². The lowest BCUT2D eigenvalue weighted by Crippen LogP contribution is -2.10. The fourth-order valence-electron chi connectivity index (χ4n) is 1.13. The molecule has 0 spiro atoms. The first kappa shape index (κ1) is 7.50. The Morgan fingerprint density at radius 1 is 1.56 bits per heavy atom. The molecule has 0 N–H and O–H groups in total. The van der Waals surface area contributed by atoms with Crippen molar-refractivity contribution in [3.63, 3.8) is 0 Å². The molecule has 0 aromatic rings. The van der Waals surface area contributed by atoms with Crippen molar-refractivity contribution in [3.8, 4) is 0 Å². The molecule has 1 rings (SSSR count). The Labute approximate surface area is 59.7 Å². The average Bonchev–Trinajstić information content (AvgIpc) is 2.34. The fourth-order valence-corrected chi connectivity index (χ4v) is 2.39. The van der Waals surface area contributed by atoms with E-state index in [1.54, 1.807) is 0 Å². The van der Waals surface area contributed by atoms with Gasteiger partial charge in [0.05, 0.1) is 0 Å². The number of hydrogen-bond acceptors (Lipinski definition) is 1. The zero-order valence-electron chi connectivity index (χ0n) is 6.19. The molecule has 1 unspecified atom stereocenters. The maximum absolute atomic E-state index is 2.60. The third kappa shape index (κ3) is 2.64. The van der Waals surface area contributed by atoms with Crippen LogP contribution in [0.2, 0.25) is 0 Å². The third-order valence-corrected chi connectivity index (χ3v) is 3.19. The van der Waals surface area contributed by atoms with Crippen LogP contribution in [0.3, 0.4) is 0 Å². The molecule has 0 radical (unpaired) electrons. The number of rotatable bonds is 3. The summed E-state index contributed by atoms with van der Waals surface area (Å²) < 4.78 is 2.60. The maximum Gasteiger partial charge on any atom is 0.00223 e. The Morgan fingerprint density at radius 3 is 3.00 bits per heavy atom. The minimum atomic E-state index is 1.14. The Balaban J connectivity index is 1.98. The second kappa shape index (κ2) is 4.24. The number of nitrogens with zero attached hydrogens (tertiary/aromatic N) is 1. The Bertz CT molecular complexity index is 69.3. The molecule has 0 aromatic carbocycles. The van der Waals surface area contributed by atoms with E-state index in [0.717, 1.165) is 8.73 Å². The summed E-state index contributed by atoms with van der Waals surface area (Å²) in [7, 11) is 1.14. The van der Waals surface area contributed by atoms with Crippen molar-refractivity contribution in [1.82, 2.24) is 4.67 Å². The van der Waals surface area contributed by atoms with E-state index in [1.807, 2.05) is 0 Å². The van der Waals surface area contributed by atoms with E-state index >= 15 is 0 Å². The zero-order valence-corrected chi connectivity index (χ0v) is 7.19. The van der Waals surface area contributed by atoms with Gasteiger partial charge in [-0.2, -0.15) is 0 Å². The van der Waals surface area contributed by atoms with Gasteiger partial charge in [0.25, 0.3) is 0 Å². The summed E-state index contributed by atoms with van der Waals surface area (Å²) in [5.74, 6) is 0. The Morgan fingerprint density at radius 2 is 2.44 bits per heavy atom. The van der Waals surface area contributed by atoms with Gasteiger partial charge in [0.2, 0.25) is 0 Å². The van der Waals surface area contributed by atoms with Gasteiger partial charge in [0.15, 0.2) is 0 Å². The van der Waals surface area contributed by atoms with Crippen LogP contribution < -0.4 is 0 Å². The summed E-state index contributed by atoms with van der Waals surface area (Å²) in [6, 6.07) is 0. The molecule has 9 heavy (non-hydrogen) atoms. The lowest BCUT2D eigenvalue weighted by Gasteiger charge is -2.12. The molecule has 1 heterocycles. The summed E-state index contributed by atoms with van der Waals surface area (Å²) >= 11 is 0. The molecule has 0 bridgehead atoms. The quantitative estimate of drug-likeness (QED) is 0.549. The minimum Gasteiger partial charge on any atom is -0.285 e. The maximum atomic E-state index is 2.60. The summed E-state index contributed by atoms with van der Waals surface area (Å²) in [6.07, 6.45) is 5.65. The summed E-state index contributed by atoms with van der Waals surface area (Å²) in [5, 5.41) is 0. The van der Waals surface area contributed by atoms with Gasteiger partial charge in [-0.15, -0.1) is 0 Å². The lowest BCUT2D eigenvalue weighted by atomic mass is 10.3. The van der Waals surface area contributed by atoms with E-state index in [9.17, 15) is 0 Å². The zero-order chi connectivity index (χ0) is 6.53. The van der Waals surface area contributed by atoms with Crippen molar-refractivity contribution in [1.29, 1.82) is 0 Å². The topological polar surface area (TPSA) is 3.24 Å². The molecule has 0 amide bonds. The highest BCUT2D eigenvalue weighted by atomic mass is 31.1. The third-order valence-electron chi connectivity index (χ3n) is 1.72. The molecule has 0 saturated carbocycles. The summed E-state index contributed by atoms with van der Waals surface area (Å²) in [5.41, 5.74) is 0. The van der Waals surface area contributed by atoms with Crippen molar-refractivity contribution in [3.05, 3.63) is 0 Å². The molecule has 1 nitrogen and oxygen atoms in total. The predicted octanol–water partition coefficient (Wildman–Crippen LogP) is 2.09. The van der Waals surface area contributed by atoms with Crippen LogP contribution in [0.15, 0.2) is 0 Å². The highest BCUT2D eigenvalue weighted by molar-refractivity contribution is 7.35. The molecule has 2 heteroatoms. The smallest absolute Gasteiger partial charge is 0.00223 e. The van der Waals surface area contributed by atoms with E-state index in [4.69, 9.17) is 0 Å². The fraction of sp³-hybridized carbons (Fsp3) is 1.00. The first-order valence-corrected chi connectivity index (χ1v) is 5.07. The monoisotopic (exact) mass is 145 g/mol. The predicted molar refractivity (Wildman–Crippen MR) is 44.3 cm³/mol. The molecule has 0 aliphatic carbocycles. The van der Waals surface area contributed by atoms with Gasteiger partial charge < -0.3 is 0 Å². The largest absolute Gasteiger partial charge is 0.285 e. The summed E-state index contributed by atoms with van der Waals surface area (Å²) in [4.78, 5) is 0. The van der Waals surface area contributed by atoms with Crippen LogP contribution in [0, 0.1) is 0 Å². The van der Waals surface area contributed by atoms with E-state index in [1.165, 1.54) is 38.5 Å². The van der Waals surface area contributed by atoms with Crippen LogP contribution in [0.1, 0.15) is 26.2 Å². The lowest BCUT2D eigenvalue weighted by molar-refractivity contribution is 0.473. The normalized spacial score (nSPS) is 23.7. The van der Waals surface area contributed by atoms with Crippen LogP contribution in [0.5, 0.6) is 0 Å².